The van der Waals surface area contributed by atoms with Gasteiger partial charge in [0.25, 0.3) is 0 Å². The zero-order chi connectivity index (χ0) is 13.3. The molecule has 1 fully saturated rings. The summed E-state index contributed by atoms with van der Waals surface area (Å²) >= 11 is 6.13. The minimum atomic E-state index is 0.237. The van der Waals surface area contributed by atoms with E-state index in [4.69, 9.17) is 11.6 Å². The van der Waals surface area contributed by atoms with Crippen molar-refractivity contribution in [2.45, 2.75) is 24.3 Å². The quantitative estimate of drug-likeness (QED) is 0.873. The first kappa shape index (κ1) is 12.7. The molecule has 0 bridgehead atoms. The predicted molar refractivity (Wildman–Crippen MR) is 80.6 cm³/mol. The fourth-order valence-electron chi connectivity index (χ4n) is 3.10. The molecule has 2 aromatic rings. The third kappa shape index (κ3) is 2.29. The molecule has 2 heteroatoms. The standard InChI is InChI=1S/C17H18ClN/c1-19-16(13-6-5-9-15(18)12-13)17(10-11-17)14-7-3-2-4-8-14/h2-9,12,16,19H,10-11H2,1H3. The van der Waals surface area contributed by atoms with E-state index in [1.807, 2.05) is 19.2 Å². The van der Waals surface area contributed by atoms with E-state index in [1.165, 1.54) is 24.0 Å². The first-order valence-corrected chi connectivity index (χ1v) is 7.12. The number of benzene rings is 2. The molecule has 0 saturated heterocycles. The van der Waals surface area contributed by atoms with Crippen molar-refractivity contribution >= 4 is 11.6 Å². The molecule has 1 N–H and O–H groups in total. The lowest BCUT2D eigenvalue weighted by Crippen LogP contribution is -2.29. The molecule has 2 aromatic carbocycles. The molecule has 0 heterocycles. The molecular weight excluding hydrogens is 254 g/mol. The monoisotopic (exact) mass is 271 g/mol. The predicted octanol–water partition coefficient (Wildman–Crippen LogP) is 4.33. The highest BCUT2D eigenvalue weighted by atomic mass is 35.5. The van der Waals surface area contributed by atoms with Crippen molar-refractivity contribution in [2.24, 2.45) is 0 Å². The Labute approximate surface area is 119 Å². The summed E-state index contributed by atoms with van der Waals surface area (Å²) in [5.41, 5.74) is 2.94. The van der Waals surface area contributed by atoms with Crippen LogP contribution in [0.25, 0.3) is 0 Å². The van der Waals surface area contributed by atoms with E-state index < -0.39 is 0 Å². The Kier molecular flexibility index (Phi) is 3.34. The normalized spacial score (nSPS) is 18.0. The van der Waals surface area contributed by atoms with Gasteiger partial charge in [-0.2, -0.15) is 0 Å². The van der Waals surface area contributed by atoms with Crippen LogP contribution in [0.1, 0.15) is 30.0 Å². The maximum Gasteiger partial charge on any atom is 0.0416 e. The Morgan fingerprint density at radius 1 is 1.05 bits per heavy atom. The van der Waals surface area contributed by atoms with Gasteiger partial charge in [-0.05, 0) is 43.1 Å². The van der Waals surface area contributed by atoms with E-state index in [2.05, 4.69) is 47.8 Å². The van der Waals surface area contributed by atoms with Gasteiger partial charge in [0.1, 0.15) is 0 Å². The fraction of sp³-hybridized carbons (Fsp3) is 0.294. The minimum Gasteiger partial charge on any atom is -0.312 e. The van der Waals surface area contributed by atoms with Crippen LogP contribution in [0.2, 0.25) is 5.02 Å². The first-order chi connectivity index (χ1) is 9.26. The summed E-state index contributed by atoms with van der Waals surface area (Å²) in [6.45, 7) is 0. The summed E-state index contributed by atoms with van der Waals surface area (Å²) in [4.78, 5) is 0. The SMILES string of the molecule is CNC(c1cccc(Cl)c1)C1(c2ccccc2)CC1. The van der Waals surface area contributed by atoms with Gasteiger partial charge in [-0.25, -0.2) is 0 Å². The van der Waals surface area contributed by atoms with Crippen molar-refractivity contribution in [3.8, 4) is 0 Å². The Bertz CT molecular complexity index is 560. The molecule has 0 aromatic heterocycles. The summed E-state index contributed by atoms with van der Waals surface area (Å²) in [6.07, 6.45) is 2.46. The molecule has 1 aliphatic carbocycles. The number of halogens is 1. The molecular formula is C17H18ClN. The summed E-state index contributed by atoms with van der Waals surface area (Å²) in [5.74, 6) is 0. The number of hydrogen-bond donors (Lipinski definition) is 1. The van der Waals surface area contributed by atoms with Gasteiger partial charge in [0.2, 0.25) is 0 Å². The van der Waals surface area contributed by atoms with Crippen LogP contribution >= 0.6 is 11.6 Å². The van der Waals surface area contributed by atoms with Gasteiger partial charge in [-0.15, -0.1) is 0 Å². The molecule has 0 amide bonds. The van der Waals surface area contributed by atoms with Crippen LogP contribution < -0.4 is 5.32 Å². The largest absolute Gasteiger partial charge is 0.312 e. The fourth-order valence-corrected chi connectivity index (χ4v) is 3.30. The Morgan fingerprint density at radius 3 is 2.37 bits per heavy atom. The van der Waals surface area contributed by atoms with Crippen LogP contribution in [-0.4, -0.2) is 7.05 Å². The Hall–Kier alpha value is -1.31. The summed E-state index contributed by atoms with van der Waals surface area (Å²) in [7, 11) is 2.04. The van der Waals surface area contributed by atoms with Crippen molar-refractivity contribution < 1.29 is 0 Å². The van der Waals surface area contributed by atoms with Crippen molar-refractivity contribution in [1.82, 2.24) is 5.32 Å². The summed E-state index contributed by atoms with van der Waals surface area (Å²) in [5, 5.41) is 4.30. The number of likely N-dealkylation sites (N-methyl/N-ethyl adjacent to an activating group) is 1. The summed E-state index contributed by atoms with van der Waals surface area (Å²) < 4.78 is 0. The van der Waals surface area contributed by atoms with Crippen LogP contribution in [0, 0.1) is 0 Å². The Morgan fingerprint density at radius 2 is 1.79 bits per heavy atom. The molecule has 98 valence electrons. The van der Waals surface area contributed by atoms with E-state index in [9.17, 15) is 0 Å². The molecule has 0 spiro atoms. The molecule has 3 rings (SSSR count). The van der Waals surface area contributed by atoms with Gasteiger partial charge in [0.15, 0.2) is 0 Å². The van der Waals surface area contributed by atoms with Crippen LogP contribution in [0.15, 0.2) is 54.6 Å². The molecule has 1 unspecified atom stereocenters. The van der Waals surface area contributed by atoms with Crippen molar-refractivity contribution in [3.05, 3.63) is 70.7 Å². The maximum atomic E-state index is 6.13. The Balaban J connectivity index is 1.99. The average Bonchev–Trinajstić information content (AvgIpc) is 3.22. The second-order valence-corrected chi connectivity index (χ2v) is 5.74. The van der Waals surface area contributed by atoms with Gasteiger partial charge in [-0.3, -0.25) is 0 Å². The number of rotatable bonds is 4. The van der Waals surface area contributed by atoms with E-state index in [0.717, 1.165) is 5.02 Å². The van der Waals surface area contributed by atoms with Crippen LogP contribution in [0.5, 0.6) is 0 Å². The highest BCUT2D eigenvalue weighted by Crippen LogP contribution is 2.56. The lowest BCUT2D eigenvalue weighted by Gasteiger charge is -2.28. The molecule has 1 aliphatic rings. The van der Waals surface area contributed by atoms with Crippen LogP contribution in [0.4, 0.5) is 0 Å². The van der Waals surface area contributed by atoms with Gasteiger partial charge < -0.3 is 5.32 Å². The lowest BCUT2D eigenvalue weighted by atomic mass is 9.84. The highest BCUT2D eigenvalue weighted by Gasteiger charge is 2.50. The molecule has 0 aliphatic heterocycles. The van der Waals surface area contributed by atoms with Gasteiger partial charge in [-0.1, -0.05) is 54.1 Å². The summed E-state index contributed by atoms with van der Waals surface area (Å²) in [6, 6.07) is 19.3. The third-order valence-corrected chi connectivity index (χ3v) is 4.40. The van der Waals surface area contributed by atoms with Crippen LogP contribution in [0.3, 0.4) is 0 Å². The molecule has 1 saturated carbocycles. The maximum absolute atomic E-state index is 6.13. The topological polar surface area (TPSA) is 12.0 Å². The average molecular weight is 272 g/mol. The van der Waals surface area contributed by atoms with Gasteiger partial charge in [0.05, 0.1) is 0 Å². The lowest BCUT2D eigenvalue weighted by molar-refractivity contribution is 0.463. The van der Waals surface area contributed by atoms with Crippen molar-refractivity contribution in [2.75, 3.05) is 7.05 Å². The molecule has 1 atom stereocenters. The molecule has 1 nitrogen and oxygen atoms in total. The molecule has 0 radical (unpaired) electrons. The number of nitrogens with one attached hydrogen (secondary N) is 1. The van der Waals surface area contributed by atoms with Gasteiger partial charge in [0, 0.05) is 16.5 Å². The van der Waals surface area contributed by atoms with E-state index in [-0.39, 0.29) is 5.41 Å². The van der Waals surface area contributed by atoms with E-state index in [1.54, 1.807) is 0 Å². The smallest absolute Gasteiger partial charge is 0.0416 e. The number of hydrogen-bond acceptors (Lipinski definition) is 1. The van der Waals surface area contributed by atoms with E-state index in [0.29, 0.717) is 6.04 Å². The van der Waals surface area contributed by atoms with E-state index >= 15 is 0 Å². The van der Waals surface area contributed by atoms with Gasteiger partial charge >= 0.3 is 0 Å². The zero-order valence-electron chi connectivity index (χ0n) is 11.1. The second-order valence-electron chi connectivity index (χ2n) is 5.30. The van der Waals surface area contributed by atoms with Crippen molar-refractivity contribution in [3.63, 3.8) is 0 Å². The first-order valence-electron chi connectivity index (χ1n) is 6.74. The second kappa shape index (κ2) is 4.99. The van der Waals surface area contributed by atoms with Crippen molar-refractivity contribution in [1.29, 1.82) is 0 Å². The van der Waals surface area contributed by atoms with Crippen LogP contribution in [-0.2, 0) is 5.41 Å². The molecule has 19 heavy (non-hydrogen) atoms. The minimum absolute atomic E-state index is 0.237. The zero-order valence-corrected chi connectivity index (χ0v) is 11.8. The highest BCUT2D eigenvalue weighted by molar-refractivity contribution is 6.30. The third-order valence-electron chi connectivity index (χ3n) is 4.16.